The van der Waals surface area contributed by atoms with Gasteiger partial charge in [-0.05, 0) is 39.2 Å². The monoisotopic (exact) mass is 273 g/mol. The van der Waals surface area contributed by atoms with Crippen LogP contribution in [0.2, 0.25) is 0 Å². The molecule has 1 aliphatic heterocycles. The van der Waals surface area contributed by atoms with Gasteiger partial charge in [-0.2, -0.15) is 0 Å². The van der Waals surface area contributed by atoms with E-state index in [1.165, 1.54) is 6.42 Å². The van der Waals surface area contributed by atoms with E-state index in [0.717, 1.165) is 58.8 Å². The molecule has 1 heterocycles. The Bertz CT molecular complexity index is 225. The molecule has 4 nitrogen and oxygen atoms in total. The average Bonchev–Trinajstić information content (AvgIpc) is 2.76. The maximum absolute atomic E-state index is 5.78. The molecule has 0 radical (unpaired) electrons. The predicted molar refractivity (Wildman–Crippen MR) is 77.6 cm³/mol. The Morgan fingerprint density at radius 3 is 2.79 bits per heavy atom. The summed E-state index contributed by atoms with van der Waals surface area (Å²) in [5.41, 5.74) is 0.260. The second-order valence-electron chi connectivity index (χ2n) is 5.51. The molecule has 1 N–H and O–H groups in total. The first-order valence-corrected chi connectivity index (χ1v) is 7.64. The fraction of sp³-hybridized carbons (Fsp3) is 1.00. The normalized spacial score (nSPS) is 27.0. The number of nitrogens with one attached hydrogen (secondary N) is 1. The van der Waals surface area contributed by atoms with Gasteiger partial charge in [0.25, 0.3) is 0 Å². The Hall–Kier alpha value is -0.160. The molecule has 4 heteroatoms. The van der Waals surface area contributed by atoms with Gasteiger partial charge in [-0.15, -0.1) is 0 Å². The first-order chi connectivity index (χ1) is 9.25. The van der Waals surface area contributed by atoms with Gasteiger partial charge >= 0.3 is 0 Å². The SMILES string of the molecule is CCCNCC1(CCOCCCOC)CCOC1C. The van der Waals surface area contributed by atoms with Crippen molar-refractivity contribution >= 4 is 0 Å². The Morgan fingerprint density at radius 2 is 2.16 bits per heavy atom. The van der Waals surface area contributed by atoms with E-state index in [2.05, 4.69) is 19.2 Å². The Labute approximate surface area is 118 Å². The molecular formula is C15H31NO3. The molecule has 1 fully saturated rings. The predicted octanol–water partition coefficient (Wildman–Crippen LogP) is 2.22. The minimum Gasteiger partial charge on any atom is -0.385 e. The maximum Gasteiger partial charge on any atom is 0.0617 e. The lowest BCUT2D eigenvalue weighted by Gasteiger charge is -2.32. The lowest BCUT2D eigenvalue weighted by Crippen LogP contribution is -2.40. The Balaban J connectivity index is 2.25. The number of ether oxygens (including phenoxy) is 3. The summed E-state index contributed by atoms with van der Waals surface area (Å²) in [6.07, 6.45) is 4.71. The third-order valence-corrected chi connectivity index (χ3v) is 4.12. The van der Waals surface area contributed by atoms with Crippen LogP contribution >= 0.6 is 0 Å². The molecule has 2 unspecified atom stereocenters. The van der Waals surface area contributed by atoms with E-state index in [1.54, 1.807) is 7.11 Å². The molecule has 2 atom stereocenters. The third kappa shape index (κ3) is 5.78. The molecule has 114 valence electrons. The molecule has 0 aromatic rings. The molecule has 1 rings (SSSR count). The minimum atomic E-state index is 0.260. The second-order valence-corrected chi connectivity index (χ2v) is 5.51. The zero-order valence-corrected chi connectivity index (χ0v) is 12.9. The van der Waals surface area contributed by atoms with Crippen LogP contribution in [0.4, 0.5) is 0 Å². The quantitative estimate of drug-likeness (QED) is 0.586. The van der Waals surface area contributed by atoms with Crippen molar-refractivity contribution < 1.29 is 14.2 Å². The smallest absolute Gasteiger partial charge is 0.0617 e. The van der Waals surface area contributed by atoms with Crippen molar-refractivity contribution in [1.29, 1.82) is 0 Å². The molecule has 1 aliphatic rings. The zero-order valence-electron chi connectivity index (χ0n) is 12.9. The van der Waals surface area contributed by atoms with E-state index in [4.69, 9.17) is 14.2 Å². The molecule has 0 amide bonds. The summed E-state index contributed by atoms with van der Waals surface area (Å²) in [6, 6.07) is 0. The molecule has 0 aliphatic carbocycles. The fourth-order valence-electron chi connectivity index (χ4n) is 2.66. The van der Waals surface area contributed by atoms with E-state index < -0.39 is 0 Å². The second kappa shape index (κ2) is 9.70. The van der Waals surface area contributed by atoms with E-state index in [0.29, 0.717) is 6.10 Å². The first-order valence-electron chi connectivity index (χ1n) is 7.64. The molecule has 0 bridgehead atoms. The van der Waals surface area contributed by atoms with Gasteiger partial charge in [0.15, 0.2) is 0 Å². The van der Waals surface area contributed by atoms with Crippen molar-refractivity contribution in [3.05, 3.63) is 0 Å². The number of methoxy groups -OCH3 is 1. The number of hydrogen-bond donors (Lipinski definition) is 1. The van der Waals surface area contributed by atoms with Crippen molar-refractivity contribution in [2.75, 3.05) is 46.6 Å². The Kier molecular flexibility index (Phi) is 8.62. The van der Waals surface area contributed by atoms with Gasteiger partial charge < -0.3 is 19.5 Å². The highest BCUT2D eigenvalue weighted by Gasteiger charge is 2.40. The van der Waals surface area contributed by atoms with Crippen LogP contribution in [0.25, 0.3) is 0 Å². The lowest BCUT2D eigenvalue weighted by atomic mass is 9.78. The third-order valence-electron chi connectivity index (χ3n) is 4.12. The summed E-state index contributed by atoms with van der Waals surface area (Å²) < 4.78 is 16.5. The topological polar surface area (TPSA) is 39.7 Å². The highest BCUT2D eigenvalue weighted by molar-refractivity contribution is 4.91. The van der Waals surface area contributed by atoms with Crippen LogP contribution in [0.3, 0.4) is 0 Å². The highest BCUT2D eigenvalue weighted by Crippen LogP contribution is 2.37. The van der Waals surface area contributed by atoms with Crippen LogP contribution in [0.5, 0.6) is 0 Å². The molecule has 0 aromatic heterocycles. The summed E-state index contributed by atoms with van der Waals surface area (Å²) in [4.78, 5) is 0. The van der Waals surface area contributed by atoms with E-state index >= 15 is 0 Å². The molecule has 0 spiro atoms. The summed E-state index contributed by atoms with van der Waals surface area (Å²) in [7, 11) is 1.73. The minimum absolute atomic E-state index is 0.260. The molecule has 0 aromatic carbocycles. The summed E-state index contributed by atoms with van der Waals surface area (Å²) in [6.45, 7) is 9.82. The van der Waals surface area contributed by atoms with Crippen LogP contribution in [-0.2, 0) is 14.2 Å². The van der Waals surface area contributed by atoms with Crippen LogP contribution in [0, 0.1) is 5.41 Å². The van der Waals surface area contributed by atoms with Crippen molar-refractivity contribution in [3.63, 3.8) is 0 Å². The van der Waals surface area contributed by atoms with Gasteiger partial charge in [0.1, 0.15) is 0 Å². The van der Waals surface area contributed by atoms with E-state index in [9.17, 15) is 0 Å². The molecule has 0 saturated carbocycles. The zero-order chi connectivity index (χ0) is 14.0. The summed E-state index contributed by atoms with van der Waals surface area (Å²) >= 11 is 0. The van der Waals surface area contributed by atoms with Gasteiger partial charge in [0, 0.05) is 45.5 Å². The lowest BCUT2D eigenvalue weighted by molar-refractivity contribution is 0.0295. The van der Waals surface area contributed by atoms with Crippen molar-refractivity contribution in [2.24, 2.45) is 5.41 Å². The largest absolute Gasteiger partial charge is 0.385 e. The number of rotatable bonds is 11. The highest BCUT2D eigenvalue weighted by atomic mass is 16.5. The van der Waals surface area contributed by atoms with E-state index in [-0.39, 0.29) is 5.41 Å². The fourth-order valence-corrected chi connectivity index (χ4v) is 2.66. The van der Waals surface area contributed by atoms with Crippen molar-refractivity contribution in [1.82, 2.24) is 5.32 Å². The molecule has 19 heavy (non-hydrogen) atoms. The number of hydrogen-bond acceptors (Lipinski definition) is 4. The van der Waals surface area contributed by atoms with Gasteiger partial charge in [-0.3, -0.25) is 0 Å². The van der Waals surface area contributed by atoms with Gasteiger partial charge in [0.05, 0.1) is 6.10 Å². The molecule has 1 saturated heterocycles. The standard InChI is InChI=1S/C15H31NO3/c1-4-8-16-13-15(7-12-19-14(15)2)6-11-18-10-5-9-17-3/h14,16H,4-13H2,1-3H3. The van der Waals surface area contributed by atoms with Gasteiger partial charge in [0.2, 0.25) is 0 Å². The van der Waals surface area contributed by atoms with Crippen LogP contribution < -0.4 is 5.32 Å². The Morgan fingerprint density at radius 1 is 1.32 bits per heavy atom. The van der Waals surface area contributed by atoms with Crippen molar-refractivity contribution in [3.8, 4) is 0 Å². The maximum atomic E-state index is 5.78. The average molecular weight is 273 g/mol. The summed E-state index contributed by atoms with van der Waals surface area (Å²) in [5, 5.41) is 3.55. The molecular weight excluding hydrogens is 242 g/mol. The van der Waals surface area contributed by atoms with Crippen LogP contribution in [0.15, 0.2) is 0 Å². The van der Waals surface area contributed by atoms with Gasteiger partial charge in [-0.25, -0.2) is 0 Å². The first kappa shape index (κ1) is 16.9. The van der Waals surface area contributed by atoms with E-state index in [1.807, 2.05) is 0 Å². The van der Waals surface area contributed by atoms with Crippen LogP contribution in [0.1, 0.15) is 39.5 Å². The van der Waals surface area contributed by atoms with Crippen molar-refractivity contribution in [2.45, 2.75) is 45.6 Å². The van der Waals surface area contributed by atoms with Gasteiger partial charge in [-0.1, -0.05) is 6.92 Å². The van der Waals surface area contributed by atoms with Crippen LogP contribution in [-0.4, -0.2) is 52.7 Å². The summed E-state index contributed by atoms with van der Waals surface area (Å²) in [5.74, 6) is 0.